The van der Waals surface area contributed by atoms with E-state index in [0.717, 1.165) is 23.8 Å². The summed E-state index contributed by atoms with van der Waals surface area (Å²) in [5.41, 5.74) is 2.17. The van der Waals surface area contributed by atoms with Crippen LogP contribution in [-0.2, 0) is 32.6 Å². The van der Waals surface area contributed by atoms with Crippen LogP contribution in [0.25, 0.3) is 0 Å². The molecule has 0 aliphatic carbocycles. The highest BCUT2D eigenvalue weighted by Crippen LogP contribution is 2.30. The summed E-state index contributed by atoms with van der Waals surface area (Å²) >= 11 is 0. The lowest BCUT2D eigenvalue weighted by atomic mass is 10.0. The highest BCUT2D eigenvalue weighted by molar-refractivity contribution is 7.92. The predicted octanol–water partition coefficient (Wildman–Crippen LogP) is 5.19. The topological polar surface area (TPSA) is 105 Å². The molecule has 10 heteroatoms. The zero-order valence-corrected chi connectivity index (χ0v) is 27.2. The number of benzene rings is 3. The molecule has 44 heavy (non-hydrogen) atoms. The van der Waals surface area contributed by atoms with Crippen molar-refractivity contribution in [3.8, 4) is 11.5 Å². The summed E-state index contributed by atoms with van der Waals surface area (Å²) in [5.74, 6) is 0.619. The quantitative estimate of drug-likeness (QED) is 0.222. The molecular weight excluding hydrogens is 578 g/mol. The normalized spacial score (nSPS) is 12.6. The van der Waals surface area contributed by atoms with E-state index < -0.39 is 16.1 Å². The van der Waals surface area contributed by atoms with Crippen LogP contribution in [0.2, 0.25) is 0 Å². The molecule has 2 amide bonds. The van der Waals surface area contributed by atoms with E-state index in [1.54, 1.807) is 36.3 Å². The molecule has 0 radical (unpaired) electrons. The van der Waals surface area contributed by atoms with Crippen LogP contribution in [0.1, 0.15) is 51.2 Å². The summed E-state index contributed by atoms with van der Waals surface area (Å²) in [4.78, 5) is 29.4. The molecule has 3 rings (SSSR count). The highest BCUT2D eigenvalue weighted by Gasteiger charge is 2.31. The average molecular weight is 624 g/mol. The molecule has 238 valence electrons. The molecule has 0 saturated carbocycles. The van der Waals surface area contributed by atoms with Crippen molar-refractivity contribution < 1.29 is 27.5 Å². The number of hydrogen-bond donors (Lipinski definition) is 1. The van der Waals surface area contributed by atoms with Gasteiger partial charge in [-0.1, -0.05) is 61.5 Å². The van der Waals surface area contributed by atoms with E-state index in [9.17, 15) is 18.0 Å². The fourth-order valence-electron chi connectivity index (χ4n) is 4.89. The Morgan fingerprint density at radius 1 is 0.932 bits per heavy atom. The third kappa shape index (κ3) is 10.0. The summed E-state index contributed by atoms with van der Waals surface area (Å²) in [7, 11) is -2.09. The van der Waals surface area contributed by atoms with E-state index >= 15 is 0 Å². The Bertz CT molecular complexity index is 1460. The second-order valence-electron chi connectivity index (χ2n) is 10.7. The standard InChI is InChI=1S/C34H45N3O6S/c1-6-26(3)35-34(39)31(24-27-15-9-8-10-16-27)36(25-28-17-13-18-29(23-28)42-4)33(38)21-14-22-37(44(5,40)41)30-19-11-12-20-32(30)43-7-2/h8-13,15-20,23,26,31H,6-7,14,21-22,24-25H2,1-5H3,(H,35,39)/t26-,31+/m1/s1. The summed E-state index contributed by atoms with van der Waals surface area (Å²) < 4.78 is 38.0. The van der Waals surface area contributed by atoms with Crippen LogP contribution in [0.5, 0.6) is 11.5 Å². The van der Waals surface area contributed by atoms with Gasteiger partial charge in [-0.05, 0) is 62.1 Å². The molecule has 0 aliphatic rings. The maximum atomic E-state index is 14.1. The number of anilines is 1. The first-order chi connectivity index (χ1) is 21.1. The van der Waals surface area contributed by atoms with Gasteiger partial charge in [-0.15, -0.1) is 0 Å². The van der Waals surface area contributed by atoms with Gasteiger partial charge in [-0.2, -0.15) is 0 Å². The molecular formula is C34H45N3O6S. The largest absolute Gasteiger partial charge is 0.497 e. The number of carbonyl (C=O) groups is 2. The molecule has 0 aromatic heterocycles. The first kappa shape index (κ1) is 34.4. The van der Waals surface area contributed by atoms with Crippen LogP contribution in [0.3, 0.4) is 0 Å². The van der Waals surface area contributed by atoms with Crippen LogP contribution < -0.4 is 19.1 Å². The number of para-hydroxylation sites is 2. The number of rotatable bonds is 17. The maximum Gasteiger partial charge on any atom is 0.243 e. The Morgan fingerprint density at radius 2 is 1.61 bits per heavy atom. The van der Waals surface area contributed by atoms with Gasteiger partial charge in [0.25, 0.3) is 0 Å². The van der Waals surface area contributed by atoms with E-state index in [2.05, 4.69) is 5.32 Å². The van der Waals surface area contributed by atoms with Crippen LogP contribution in [0.15, 0.2) is 78.9 Å². The molecule has 0 saturated heterocycles. The molecule has 3 aromatic carbocycles. The lowest BCUT2D eigenvalue weighted by Gasteiger charge is -2.33. The molecule has 3 aromatic rings. The monoisotopic (exact) mass is 623 g/mol. The average Bonchev–Trinajstić information content (AvgIpc) is 3.01. The summed E-state index contributed by atoms with van der Waals surface area (Å²) in [6.07, 6.45) is 2.50. The van der Waals surface area contributed by atoms with Crippen molar-refractivity contribution in [3.05, 3.63) is 90.0 Å². The summed E-state index contributed by atoms with van der Waals surface area (Å²) in [6, 6.07) is 23.1. The van der Waals surface area contributed by atoms with E-state index in [0.29, 0.717) is 30.2 Å². The fourth-order valence-corrected chi connectivity index (χ4v) is 5.85. The van der Waals surface area contributed by atoms with E-state index in [1.807, 2.05) is 75.4 Å². The number of nitrogens with zero attached hydrogens (tertiary/aromatic N) is 2. The first-order valence-corrected chi connectivity index (χ1v) is 16.9. The number of methoxy groups -OCH3 is 1. The summed E-state index contributed by atoms with van der Waals surface area (Å²) in [5, 5.41) is 3.07. The zero-order chi connectivity index (χ0) is 32.1. The van der Waals surface area contributed by atoms with Crippen molar-refractivity contribution in [2.24, 2.45) is 0 Å². The van der Waals surface area contributed by atoms with Crippen LogP contribution >= 0.6 is 0 Å². The molecule has 0 fully saturated rings. The Labute approximate surface area is 262 Å². The van der Waals surface area contributed by atoms with Gasteiger partial charge in [0, 0.05) is 32.0 Å². The molecule has 2 atom stereocenters. The molecule has 0 spiro atoms. The van der Waals surface area contributed by atoms with Crippen molar-refractivity contribution in [2.75, 3.05) is 30.8 Å². The first-order valence-electron chi connectivity index (χ1n) is 15.0. The third-order valence-electron chi connectivity index (χ3n) is 7.35. The molecule has 9 nitrogen and oxygen atoms in total. The Hall–Kier alpha value is -4.05. The van der Waals surface area contributed by atoms with E-state index in [4.69, 9.17) is 9.47 Å². The molecule has 1 N–H and O–H groups in total. The molecule has 0 heterocycles. The minimum absolute atomic E-state index is 0.0364. The number of hydrogen-bond acceptors (Lipinski definition) is 6. The third-order valence-corrected chi connectivity index (χ3v) is 8.53. The molecule has 0 bridgehead atoms. The SMILES string of the molecule is CCOc1ccccc1N(CCCC(=O)N(Cc1cccc(OC)c1)[C@@H](Cc1ccccc1)C(=O)N[C@H](C)CC)S(C)(=O)=O. The van der Waals surface area contributed by atoms with Crippen molar-refractivity contribution in [3.63, 3.8) is 0 Å². The van der Waals surface area contributed by atoms with Crippen LogP contribution in [0, 0.1) is 0 Å². The number of amides is 2. The number of carbonyl (C=O) groups excluding carboxylic acids is 2. The van der Waals surface area contributed by atoms with Crippen molar-refractivity contribution >= 4 is 27.5 Å². The van der Waals surface area contributed by atoms with E-state index in [1.165, 1.54) is 4.31 Å². The Morgan fingerprint density at radius 3 is 2.27 bits per heavy atom. The zero-order valence-electron chi connectivity index (χ0n) is 26.4. The fraction of sp³-hybridized carbons (Fsp3) is 0.412. The van der Waals surface area contributed by atoms with Gasteiger partial charge in [-0.25, -0.2) is 8.42 Å². The van der Waals surface area contributed by atoms with Gasteiger partial charge in [0.15, 0.2) is 0 Å². The maximum absolute atomic E-state index is 14.1. The van der Waals surface area contributed by atoms with Gasteiger partial charge in [0.1, 0.15) is 17.5 Å². The van der Waals surface area contributed by atoms with Gasteiger partial charge in [0.2, 0.25) is 21.8 Å². The van der Waals surface area contributed by atoms with Crippen molar-refractivity contribution in [1.82, 2.24) is 10.2 Å². The highest BCUT2D eigenvalue weighted by atomic mass is 32.2. The van der Waals surface area contributed by atoms with Gasteiger partial charge < -0.3 is 19.7 Å². The second-order valence-corrected chi connectivity index (χ2v) is 12.6. The van der Waals surface area contributed by atoms with Crippen molar-refractivity contribution in [2.45, 2.75) is 65.1 Å². The lowest BCUT2D eigenvalue weighted by molar-refractivity contribution is -0.141. The van der Waals surface area contributed by atoms with E-state index in [-0.39, 0.29) is 43.8 Å². The second kappa shape index (κ2) is 16.7. The Kier molecular flexibility index (Phi) is 13.1. The number of ether oxygens (including phenoxy) is 2. The molecule has 0 aliphatic heterocycles. The minimum atomic E-state index is -3.67. The number of nitrogens with one attached hydrogen (secondary N) is 1. The predicted molar refractivity (Wildman–Crippen MR) is 174 cm³/mol. The smallest absolute Gasteiger partial charge is 0.243 e. The van der Waals surface area contributed by atoms with Gasteiger partial charge >= 0.3 is 0 Å². The van der Waals surface area contributed by atoms with Gasteiger partial charge in [-0.3, -0.25) is 13.9 Å². The van der Waals surface area contributed by atoms with Crippen LogP contribution in [-0.4, -0.2) is 63.7 Å². The molecule has 0 unspecified atom stereocenters. The lowest BCUT2D eigenvalue weighted by Crippen LogP contribution is -2.52. The van der Waals surface area contributed by atoms with Crippen molar-refractivity contribution in [1.29, 1.82) is 0 Å². The number of sulfonamides is 1. The summed E-state index contributed by atoms with van der Waals surface area (Å²) in [6.45, 7) is 6.40. The minimum Gasteiger partial charge on any atom is -0.497 e. The van der Waals surface area contributed by atoms with Gasteiger partial charge in [0.05, 0.1) is 25.7 Å². The van der Waals surface area contributed by atoms with Crippen LogP contribution in [0.4, 0.5) is 5.69 Å². The Balaban J connectivity index is 1.92.